The molecule has 0 aliphatic carbocycles. The summed E-state index contributed by atoms with van der Waals surface area (Å²) < 4.78 is 26.0. The van der Waals surface area contributed by atoms with Crippen LogP contribution >= 0.6 is 11.8 Å². The molecule has 0 heterocycles. The second-order valence-corrected chi connectivity index (χ2v) is 10.8. The number of sulfonamides is 1. The van der Waals surface area contributed by atoms with Crippen molar-refractivity contribution in [2.75, 3.05) is 22.4 Å². The fraction of sp³-hybridized carbons (Fsp3) is 0.240. The van der Waals surface area contributed by atoms with E-state index in [2.05, 4.69) is 17.4 Å². The zero-order chi connectivity index (χ0) is 23.3. The number of hydrogen-bond donors (Lipinski definition) is 1. The molecule has 0 bridgehead atoms. The van der Waals surface area contributed by atoms with Crippen molar-refractivity contribution in [3.05, 3.63) is 89.0 Å². The predicted molar refractivity (Wildman–Crippen MR) is 134 cm³/mol. The maximum absolute atomic E-state index is 12.7. The highest BCUT2D eigenvalue weighted by atomic mass is 32.2. The maximum Gasteiger partial charge on any atom is 0.245 e. The predicted octanol–water partition coefficient (Wildman–Crippen LogP) is 5.31. The first kappa shape index (κ1) is 23.9. The number of hydrogen-bond acceptors (Lipinski definition) is 4. The first-order chi connectivity index (χ1) is 15.1. The van der Waals surface area contributed by atoms with E-state index in [4.69, 9.17) is 0 Å². The fourth-order valence-electron chi connectivity index (χ4n) is 3.43. The molecule has 0 aliphatic rings. The largest absolute Gasteiger partial charge is 0.324 e. The van der Waals surface area contributed by atoms with E-state index >= 15 is 0 Å². The SMILES string of the molecule is Cc1ccc(N(CC(=O)Nc2ccc(CSc3ccccc3)cc2C)S(C)(=O)=O)c(C)c1. The van der Waals surface area contributed by atoms with Crippen molar-refractivity contribution in [2.24, 2.45) is 0 Å². The number of benzene rings is 3. The monoisotopic (exact) mass is 468 g/mol. The molecule has 0 unspecified atom stereocenters. The molecule has 1 amide bonds. The Hall–Kier alpha value is -2.77. The van der Waals surface area contributed by atoms with E-state index in [-0.39, 0.29) is 12.5 Å². The van der Waals surface area contributed by atoms with Crippen LogP contribution in [-0.2, 0) is 20.6 Å². The Morgan fingerprint density at radius 2 is 1.66 bits per heavy atom. The summed E-state index contributed by atoms with van der Waals surface area (Å²) in [6.45, 7) is 5.44. The third-order valence-corrected chi connectivity index (χ3v) is 7.23. The Kier molecular flexibility index (Phi) is 7.64. The van der Waals surface area contributed by atoms with Crippen LogP contribution in [-0.4, -0.2) is 27.1 Å². The van der Waals surface area contributed by atoms with Gasteiger partial charge in [-0.25, -0.2) is 8.42 Å². The lowest BCUT2D eigenvalue weighted by atomic mass is 10.1. The van der Waals surface area contributed by atoms with Crippen molar-refractivity contribution in [3.63, 3.8) is 0 Å². The van der Waals surface area contributed by atoms with Gasteiger partial charge in [0, 0.05) is 16.3 Å². The summed E-state index contributed by atoms with van der Waals surface area (Å²) in [6, 6.07) is 21.6. The highest BCUT2D eigenvalue weighted by Gasteiger charge is 2.22. The smallest absolute Gasteiger partial charge is 0.245 e. The number of rotatable bonds is 8. The molecule has 7 heteroatoms. The standard InChI is InChI=1S/C25H28N2O3S2/c1-18-10-13-24(20(3)14-18)27(32(4,29)30)16-25(28)26-23-12-11-21(15-19(23)2)17-31-22-8-6-5-7-9-22/h5-15H,16-17H2,1-4H3,(H,26,28). The van der Waals surface area contributed by atoms with E-state index in [1.807, 2.05) is 69.3 Å². The summed E-state index contributed by atoms with van der Waals surface area (Å²) in [5.41, 5.74) is 5.12. The van der Waals surface area contributed by atoms with Gasteiger partial charge >= 0.3 is 0 Å². The minimum absolute atomic E-state index is 0.284. The molecule has 0 aromatic heterocycles. The lowest BCUT2D eigenvalue weighted by Crippen LogP contribution is -2.38. The minimum atomic E-state index is -3.62. The minimum Gasteiger partial charge on any atom is -0.324 e. The summed E-state index contributed by atoms with van der Waals surface area (Å²) in [5.74, 6) is 0.443. The summed E-state index contributed by atoms with van der Waals surface area (Å²) in [7, 11) is -3.62. The number of nitrogens with zero attached hydrogens (tertiary/aromatic N) is 1. The lowest BCUT2D eigenvalue weighted by Gasteiger charge is -2.24. The number of thioether (sulfide) groups is 1. The average Bonchev–Trinajstić information content (AvgIpc) is 2.73. The topological polar surface area (TPSA) is 66.5 Å². The molecule has 0 fully saturated rings. The van der Waals surface area contributed by atoms with Crippen molar-refractivity contribution >= 4 is 39.1 Å². The average molecular weight is 469 g/mol. The van der Waals surface area contributed by atoms with Gasteiger partial charge in [-0.2, -0.15) is 0 Å². The van der Waals surface area contributed by atoms with Crippen LogP contribution in [0.25, 0.3) is 0 Å². The first-order valence-electron chi connectivity index (χ1n) is 10.3. The molecule has 0 atom stereocenters. The van der Waals surface area contributed by atoms with E-state index in [0.717, 1.165) is 38.6 Å². The Morgan fingerprint density at radius 1 is 0.938 bits per heavy atom. The molecule has 0 saturated carbocycles. The molecular formula is C25H28N2O3S2. The molecule has 0 aliphatic heterocycles. The summed E-state index contributed by atoms with van der Waals surface area (Å²) in [6.07, 6.45) is 1.12. The molecule has 32 heavy (non-hydrogen) atoms. The van der Waals surface area contributed by atoms with Crippen LogP contribution in [0.4, 0.5) is 11.4 Å². The van der Waals surface area contributed by atoms with Crippen molar-refractivity contribution in [1.29, 1.82) is 0 Å². The Bertz CT molecular complexity index is 1210. The number of carbonyl (C=O) groups is 1. The third kappa shape index (κ3) is 6.37. The molecular weight excluding hydrogens is 440 g/mol. The molecule has 0 radical (unpaired) electrons. The van der Waals surface area contributed by atoms with E-state index in [1.165, 1.54) is 4.90 Å². The zero-order valence-corrected chi connectivity index (χ0v) is 20.4. The Balaban J connectivity index is 1.70. The van der Waals surface area contributed by atoms with Gasteiger partial charge in [0.2, 0.25) is 15.9 Å². The highest BCUT2D eigenvalue weighted by molar-refractivity contribution is 7.98. The third-order valence-electron chi connectivity index (χ3n) is 5.02. The van der Waals surface area contributed by atoms with Gasteiger partial charge in [-0.15, -0.1) is 11.8 Å². The van der Waals surface area contributed by atoms with E-state index in [0.29, 0.717) is 11.4 Å². The van der Waals surface area contributed by atoms with Gasteiger partial charge in [0.15, 0.2) is 0 Å². The van der Waals surface area contributed by atoms with E-state index < -0.39 is 10.0 Å². The number of aryl methyl sites for hydroxylation is 3. The number of nitrogens with one attached hydrogen (secondary N) is 1. The zero-order valence-electron chi connectivity index (χ0n) is 18.8. The van der Waals surface area contributed by atoms with Crippen LogP contribution in [0, 0.1) is 20.8 Å². The van der Waals surface area contributed by atoms with Crippen molar-refractivity contribution in [2.45, 2.75) is 31.4 Å². The van der Waals surface area contributed by atoms with Crippen molar-refractivity contribution < 1.29 is 13.2 Å². The Morgan fingerprint density at radius 3 is 2.28 bits per heavy atom. The van der Waals surface area contributed by atoms with E-state index in [9.17, 15) is 13.2 Å². The summed E-state index contributed by atoms with van der Waals surface area (Å²) in [5, 5.41) is 2.86. The van der Waals surface area contributed by atoms with Crippen molar-refractivity contribution in [1.82, 2.24) is 0 Å². The molecule has 3 aromatic carbocycles. The molecule has 168 valence electrons. The number of carbonyl (C=O) groups excluding carboxylic acids is 1. The van der Waals surface area contributed by atoms with Gasteiger partial charge in [-0.1, -0.05) is 48.0 Å². The number of anilines is 2. The fourth-order valence-corrected chi connectivity index (χ4v) is 5.20. The normalized spacial score (nSPS) is 11.2. The highest BCUT2D eigenvalue weighted by Crippen LogP contribution is 2.26. The van der Waals surface area contributed by atoms with E-state index in [1.54, 1.807) is 17.8 Å². The number of amides is 1. The van der Waals surface area contributed by atoms with Gasteiger partial charge in [0.25, 0.3) is 0 Å². The van der Waals surface area contributed by atoms with Gasteiger partial charge in [0.1, 0.15) is 6.54 Å². The second-order valence-electron chi connectivity index (χ2n) is 7.86. The van der Waals surface area contributed by atoms with Crippen LogP contribution in [0.2, 0.25) is 0 Å². The quantitative estimate of drug-likeness (QED) is 0.455. The molecule has 3 aromatic rings. The first-order valence-corrected chi connectivity index (χ1v) is 13.1. The second kappa shape index (κ2) is 10.2. The lowest BCUT2D eigenvalue weighted by molar-refractivity contribution is -0.114. The maximum atomic E-state index is 12.7. The van der Waals surface area contributed by atoms with Crippen LogP contribution < -0.4 is 9.62 Å². The van der Waals surface area contributed by atoms with Crippen LogP contribution in [0.15, 0.2) is 71.6 Å². The molecule has 1 N–H and O–H groups in total. The summed E-state index contributed by atoms with van der Waals surface area (Å²) >= 11 is 1.75. The molecule has 5 nitrogen and oxygen atoms in total. The van der Waals surface area contributed by atoms with Gasteiger partial charge in [-0.05, 0) is 61.7 Å². The van der Waals surface area contributed by atoms with Crippen molar-refractivity contribution in [3.8, 4) is 0 Å². The summed E-state index contributed by atoms with van der Waals surface area (Å²) in [4.78, 5) is 14.0. The molecule has 0 saturated heterocycles. The van der Waals surface area contributed by atoms with Crippen LogP contribution in [0.5, 0.6) is 0 Å². The van der Waals surface area contributed by atoms with Gasteiger partial charge in [-0.3, -0.25) is 9.10 Å². The van der Waals surface area contributed by atoms with Crippen LogP contribution in [0.3, 0.4) is 0 Å². The molecule has 0 spiro atoms. The molecule has 3 rings (SSSR count). The van der Waals surface area contributed by atoms with Gasteiger partial charge in [0.05, 0.1) is 11.9 Å². The van der Waals surface area contributed by atoms with Gasteiger partial charge < -0.3 is 5.32 Å². The van der Waals surface area contributed by atoms with Crippen LogP contribution in [0.1, 0.15) is 22.3 Å². The Labute approximate surface area is 194 Å².